The van der Waals surface area contributed by atoms with E-state index in [0.717, 1.165) is 18.7 Å². The molecule has 0 aromatic heterocycles. The largest absolute Gasteiger partial charge is 0.397 e. The molecule has 1 unspecified atom stereocenters. The van der Waals surface area contributed by atoms with Gasteiger partial charge in [0.1, 0.15) is 0 Å². The average Bonchev–Trinajstić information content (AvgIpc) is 2.45. The van der Waals surface area contributed by atoms with E-state index < -0.39 is 0 Å². The number of carbonyl (C=O) groups is 1. The predicted octanol–water partition coefficient (Wildman–Crippen LogP) is 3.32. The molecule has 1 aromatic rings. The summed E-state index contributed by atoms with van der Waals surface area (Å²) in [6.07, 6.45) is 3.64. The van der Waals surface area contributed by atoms with Gasteiger partial charge in [0.2, 0.25) is 5.91 Å². The lowest BCUT2D eigenvalue weighted by Crippen LogP contribution is -2.35. The third-order valence-corrected chi connectivity index (χ3v) is 4.39. The van der Waals surface area contributed by atoms with Gasteiger partial charge in [0.25, 0.3) is 0 Å². The lowest BCUT2D eigenvalue weighted by atomic mass is 10.2. The molecular formula is C15H24ClN3OS. The van der Waals surface area contributed by atoms with E-state index in [0.29, 0.717) is 28.9 Å². The number of rotatable bonds is 8. The van der Waals surface area contributed by atoms with Gasteiger partial charge in [0.15, 0.2) is 0 Å². The van der Waals surface area contributed by atoms with Crippen molar-refractivity contribution in [2.24, 2.45) is 0 Å². The van der Waals surface area contributed by atoms with Gasteiger partial charge in [-0.3, -0.25) is 4.79 Å². The number of nitrogens with one attached hydrogen (secondary N) is 1. The molecule has 1 atom stereocenters. The molecule has 4 nitrogen and oxygen atoms in total. The molecule has 0 aliphatic rings. The first-order chi connectivity index (χ1) is 9.97. The number of hydrogen-bond acceptors (Lipinski definition) is 4. The van der Waals surface area contributed by atoms with Crippen LogP contribution in [0.4, 0.5) is 11.4 Å². The first-order valence-electron chi connectivity index (χ1n) is 7.02. The number of anilines is 2. The number of benzene rings is 1. The van der Waals surface area contributed by atoms with Crippen LogP contribution < -0.4 is 11.1 Å². The summed E-state index contributed by atoms with van der Waals surface area (Å²) in [7, 11) is 2.06. The second-order valence-electron chi connectivity index (χ2n) is 5.03. The zero-order valence-corrected chi connectivity index (χ0v) is 14.4. The molecule has 0 aliphatic heterocycles. The highest BCUT2D eigenvalue weighted by molar-refractivity contribution is 7.98. The number of carbonyl (C=O) groups excluding carboxylic acids is 1. The lowest BCUT2D eigenvalue weighted by Gasteiger charge is -2.26. The quantitative estimate of drug-likeness (QED) is 0.718. The fourth-order valence-corrected chi connectivity index (χ4v) is 3.13. The minimum atomic E-state index is -0.0325. The van der Waals surface area contributed by atoms with E-state index >= 15 is 0 Å². The van der Waals surface area contributed by atoms with Crippen molar-refractivity contribution in [1.82, 2.24) is 4.90 Å². The van der Waals surface area contributed by atoms with Gasteiger partial charge in [-0.15, -0.1) is 0 Å². The molecule has 1 aromatic carbocycles. The van der Waals surface area contributed by atoms with E-state index in [1.165, 1.54) is 0 Å². The molecular weight excluding hydrogens is 306 g/mol. The molecule has 21 heavy (non-hydrogen) atoms. The van der Waals surface area contributed by atoms with E-state index in [9.17, 15) is 4.79 Å². The van der Waals surface area contributed by atoms with Crippen LogP contribution >= 0.6 is 23.4 Å². The summed E-state index contributed by atoms with van der Waals surface area (Å²) < 4.78 is 0. The third kappa shape index (κ3) is 6.16. The third-order valence-electron chi connectivity index (χ3n) is 3.43. The Morgan fingerprint density at radius 3 is 2.81 bits per heavy atom. The highest BCUT2D eigenvalue weighted by Crippen LogP contribution is 2.22. The molecule has 1 rings (SSSR count). The van der Waals surface area contributed by atoms with Crippen molar-refractivity contribution in [2.75, 3.05) is 36.7 Å². The normalized spacial score (nSPS) is 12.4. The van der Waals surface area contributed by atoms with Crippen LogP contribution in [0.25, 0.3) is 0 Å². The Balaban J connectivity index is 2.46. The van der Waals surface area contributed by atoms with Crippen LogP contribution in [0.1, 0.15) is 19.8 Å². The zero-order valence-electron chi connectivity index (χ0n) is 12.9. The maximum atomic E-state index is 12.0. The highest BCUT2D eigenvalue weighted by Gasteiger charge is 2.13. The van der Waals surface area contributed by atoms with Gasteiger partial charge in [-0.25, -0.2) is 0 Å². The van der Waals surface area contributed by atoms with Gasteiger partial charge in [0, 0.05) is 29.8 Å². The summed E-state index contributed by atoms with van der Waals surface area (Å²) in [4.78, 5) is 14.2. The van der Waals surface area contributed by atoms with Crippen molar-refractivity contribution in [3.63, 3.8) is 0 Å². The zero-order chi connectivity index (χ0) is 15.8. The van der Waals surface area contributed by atoms with Gasteiger partial charge in [0.05, 0.1) is 11.4 Å². The Bertz CT molecular complexity index is 470. The maximum absolute atomic E-state index is 12.0. The Hall–Kier alpha value is -0.910. The molecule has 118 valence electrons. The van der Waals surface area contributed by atoms with Gasteiger partial charge >= 0.3 is 0 Å². The van der Waals surface area contributed by atoms with E-state index in [1.54, 1.807) is 18.2 Å². The molecule has 0 aliphatic carbocycles. The topological polar surface area (TPSA) is 58.4 Å². The number of nitrogens with zero attached hydrogens (tertiary/aromatic N) is 1. The minimum Gasteiger partial charge on any atom is -0.397 e. The SMILES string of the molecule is CCC(CSC)N(C)CCC(=O)Nc1ccc(Cl)cc1N. The molecule has 3 N–H and O–H groups in total. The summed E-state index contributed by atoms with van der Waals surface area (Å²) in [6.45, 7) is 2.91. The van der Waals surface area contributed by atoms with Gasteiger partial charge < -0.3 is 16.0 Å². The van der Waals surface area contributed by atoms with Crippen LogP contribution in [-0.2, 0) is 4.79 Å². The van der Waals surface area contributed by atoms with Crippen LogP contribution in [0, 0.1) is 0 Å². The second-order valence-corrected chi connectivity index (χ2v) is 6.37. The first kappa shape index (κ1) is 18.1. The number of thioether (sulfide) groups is 1. The minimum absolute atomic E-state index is 0.0325. The van der Waals surface area contributed by atoms with E-state index in [1.807, 2.05) is 11.8 Å². The number of nitrogen functional groups attached to an aromatic ring is 1. The molecule has 0 heterocycles. The molecule has 0 saturated heterocycles. The first-order valence-corrected chi connectivity index (χ1v) is 8.79. The van der Waals surface area contributed by atoms with Crippen molar-refractivity contribution < 1.29 is 4.79 Å². The van der Waals surface area contributed by atoms with Crippen LogP contribution in [0.15, 0.2) is 18.2 Å². The number of halogens is 1. The standard InChI is InChI=1S/C15H24ClN3OS/c1-4-12(10-21-3)19(2)8-7-15(20)18-14-6-5-11(16)9-13(14)17/h5-6,9,12H,4,7-8,10,17H2,1-3H3,(H,18,20). The van der Waals surface area contributed by atoms with Gasteiger partial charge in [-0.05, 0) is 37.9 Å². The molecule has 1 amide bonds. The second kappa shape index (κ2) is 9.18. The predicted molar refractivity (Wildman–Crippen MR) is 94.2 cm³/mol. The summed E-state index contributed by atoms with van der Waals surface area (Å²) in [5.41, 5.74) is 6.92. The monoisotopic (exact) mass is 329 g/mol. The smallest absolute Gasteiger partial charge is 0.225 e. The number of hydrogen-bond donors (Lipinski definition) is 2. The Kier molecular flexibility index (Phi) is 7.93. The van der Waals surface area contributed by atoms with Crippen molar-refractivity contribution in [3.05, 3.63) is 23.2 Å². The molecule has 0 bridgehead atoms. The molecule has 6 heteroatoms. The lowest BCUT2D eigenvalue weighted by molar-refractivity contribution is -0.116. The van der Waals surface area contributed by atoms with Crippen molar-refractivity contribution in [2.45, 2.75) is 25.8 Å². The number of nitrogens with two attached hydrogens (primary N) is 1. The number of amides is 1. The Morgan fingerprint density at radius 2 is 2.24 bits per heavy atom. The van der Waals surface area contributed by atoms with Crippen molar-refractivity contribution in [3.8, 4) is 0 Å². The summed E-state index contributed by atoms with van der Waals surface area (Å²) >= 11 is 7.67. The van der Waals surface area contributed by atoms with Crippen LogP contribution in [-0.4, -0.2) is 42.4 Å². The Morgan fingerprint density at radius 1 is 1.52 bits per heavy atom. The van der Waals surface area contributed by atoms with Crippen LogP contribution in [0.3, 0.4) is 0 Å². The van der Waals surface area contributed by atoms with Crippen molar-refractivity contribution >= 4 is 40.6 Å². The fraction of sp³-hybridized carbons (Fsp3) is 0.533. The van der Waals surface area contributed by atoms with Crippen LogP contribution in [0.2, 0.25) is 5.02 Å². The van der Waals surface area contributed by atoms with Gasteiger partial charge in [-0.2, -0.15) is 11.8 Å². The van der Waals surface area contributed by atoms with E-state index in [-0.39, 0.29) is 5.91 Å². The molecule has 0 spiro atoms. The van der Waals surface area contributed by atoms with Gasteiger partial charge in [-0.1, -0.05) is 18.5 Å². The highest BCUT2D eigenvalue weighted by atomic mass is 35.5. The molecule has 0 fully saturated rings. The molecule has 0 radical (unpaired) electrons. The fourth-order valence-electron chi connectivity index (χ4n) is 2.07. The van der Waals surface area contributed by atoms with Crippen LogP contribution in [0.5, 0.6) is 0 Å². The summed E-state index contributed by atoms with van der Waals surface area (Å²) in [6, 6.07) is 5.58. The van der Waals surface area contributed by atoms with Crippen molar-refractivity contribution in [1.29, 1.82) is 0 Å². The van der Waals surface area contributed by atoms with E-state index in [4.69, 9.17) is 17.3 Å². The summed E-state index contributed by atoms with van der Waals surface area (Å²) in [5.74, 6) is 1.05. The van der Waals surface area contributed by atoms with E-state index in [2.05, 4.69) is 30.4 Å². The Labute approximate surface area is 136 Å². The summed E-state index contributed by atoms with van der Waals surface area (Å²) in [5, 5.41) is 3.39. The molecule has 0 saturated carbocycles. The maximum Gasteiger partial charge on any atom is 0.225 e. The average molecular weight is 330 g/mol.